The SMILES string of the molecule is C/C=C/C=CC(=O)Nc1n[nH]c(C)n1. The molecule has 0 aliphatic heterocycles. The van der Waals surface area contributed by atoms with E-state index in [9.17, 15) is 4.79 Å². The lowest BCUT2D eigenvalue weighted by molar-refractivity contribution is -0.111. The van der Waals surface area contributed by atoms with Gasteiger partial charge in [-0.1, -0.05) is 18.2 Å². The predicted octanol–water partition coefficient (Wildman–Crippen LogP) is 1.18. The third-order valence-corrected chi connectivity index (χ3v) is 1.38. The average Bonchev–Trinajstić information content (AvgIpc) is 2.52. The van der Waals surface area contributed by atoms with Crippen molar-refractivity contribution < 1.29 is 4.79 Å². The number of carbonyl (C=O) groups excluding carboxylic acids is 1. The first-order chi connectivity index (χ1) is 6.72. The number of allylic oxidation sites excluding steroid dienone is 3. The molecular weight excluding hydrogens is 180 g/mol. The number of rotatable bonds is 3. The monoisotopic (exact) mass is 192 g/mol. The van der Waals surface area contributed by atoms with E-state index in [1.165, 1.54) is 6.08 Å². The summed E-state index contributed by atoms with van der Waals surface area (Å²) >= 11 is 0. The van der Waals surface area contributed by atoms with Gasteiger partial charge >= 0.3 is 0 Å². The highest BCUT2D eigenvalue weighted by molar-refractivity contribution is 5.98. The molecule has 0 saturated carbocycles. The minimum Gasteiger partial charge on any atom is -0.290 e. The zero-order valence-electron chi connectivity index (χ0n) is 8.11. The summed E-state index contributed by atoms with van der Waals surface area (Å²) in [5.74, 6) is 0.706. The zero-order valence-corrected chi connectivity index (χ0v) is 8.11. The van der Waals surface area contributed by atoms with E-state index in [0.717, 1.165) is 0 Å². The number of nitrogens with zero attached hydrogens (tertiary/aromatic N) is 2. The van der Waals surface area contributed by atoms with E-state index < -0.39 is 0 Å². The first-order valence-corrected chi connectivity index (χ1v) is 4.21. The van der Waals surface area contributed by atoms with Crippen LogP contribution in [-0.2, 0) is 4.79 Å². The fourth-order valence-electron chi connectivity index (χ4n) is 0.805. The Labute approximate surface area is 81.9 Å². The van der Waals surface area contributed by atoms with Gasteiger partial charge in [-0.05, 0) is 13.8 Å². The summed E-state index contributed by atoms with van der Waals surface area (Å²) in [5, 5.41) is 8.90. The fraction of sp³-hybridized carbons (Fsp3) is 0.222. The highest BCUT2D eigenvalue weighted by Gasteiger charge is 2.01. The lowest BCUT2D eigenvalue weighted by Crippen LogP contribution is -2.08. The molecule has 1 amide bonds. The molecule has 0 aromatic carbocycles. The van der Waals surface area contributed by atoms with Crippen molar-refractivity contribution in [3.05, 3.63) is 30.1 Å². The van der Waals surface area contributed by atoms with E-state index in [1.54, 1.807) is 19.1 Å². The standard InChI is InChI=1S/C9H12N4O/c1-3-4-5-6-8(14)11-9-10-7(2)12-13-9/h3-6H,1-2H3,(H2,10,11,12,13,14)/b4-3+,6-5?. The molecule has 2 N–H and O–H groups in total. The van der Waals surface area contributed by atoms with Crippen LogP contribution >= 0.6 is 0 Å². The normalized spacial score (nSPS) is 11.3. The molecule has 1 aromatic rings. The van der Waals surface area contributed by atoms with Crippen molar-refractivity contribution in [3.63, 3.8) is 0 Å². The second kappa shape index (κ2) is 4.96. The topological polar surface area (TPSA) is 70.7 Å². The number of carbonyl (C=O) groups is 1. The van der Waals surface area contributed by atoms with Crippen LogP contribution in [0.3, 0.4) is 0 Å². The van der Waals surface area contributed by atoms with Crippen LogP contribution in [0.15, 0.2) is 24.3 Å². The second-order valence-corrected chi connectivity index (χ2v) is 2.62. The van der Waals surface area contributed by atoms with Gasteiger partial charge in [0.05, 0.1) is 0 Å². The Morgan fingerprint density at radius 3 is 2.86 bits per heavy atom. The summed E-state index contributed by atoms with van der Waals surface area (Å²) in [6.45, 7) is 3.64. The summed E-state index contributed by atoms with van der Waals surface area (Å²) in [4.78, 5) is 15.1. The van der Waals surface area contributed by atoms with Crippen LogP contribution < -0.4 is 5.32 Å². The van der Waals surface area contributed by atoms with Gasteiger partial charge in [-0.3, -0.25) is 15.2 Å². The number of aryl methyl sites for hydroxylation is 1. The van der Waals surface area contributed by atoms with Gasteiger partial charge in [0, 0.05) is 6.08 Å². The molecule has 1 heterocycles. The summed E-state index contributed by atoms with van der Waals surface area (Å²) in [6.07, 6.45) is 6.66. The van der Waals surface area contributed by atoms with Crippen LogP contribution in [0.5, 0.6) is 0 Å². The van der Waals surface area contributed by atoms with Gasteiger partial charge in [-0.15, -0.1) is 5.10 Å². The van der Waals surface area contributed by atoms with Crippen molar-refractivity contribution in [2.75, 3.05) is 5.32 Å². The minimum absolute atomic E-state index is 0.248. The smallest absolute Gasteiger partial charge is 0.250 e. The third-order valence-electron chi connectivity index (χ3n) is 1.38. The van der Waals surface area contributed by atoms with E-state index in [1.807, 2.05) is 13.0 Å². The number of aromatic amines is 1. The second-order valence-electron chi connectivity index (χ2n) is 2.62. The number of H-pyrrole nitrogens is 1. The molecule has 0 aliphatic carbocycles. The van der Waals surface area contributed by atoms with Crippen molar-refractivity contribution in [2.45, 2.75) is 13.8 Å². The lowest BCUT2D eigenvalue weighted by Gasteiger charge is -1.92. The van der Waals surface area contributed by atoms with E-state index in [4.69, 9.17) is 0 Å². The van der Waals surface area contributed by atoms with E-state index in [-0.39, 0.29) is 11.9 Å². The summed E-state index contributed by atoms with van der Waals surface area (Å²) in [5.41, 5.74) is 0. The summed E-state index contributed by atoms with van der Waals surface area (Å²) in [7, 11) is 0. The van der Waals surface area contributed by atoms with Crippen LogP contribution in [0.1, 0.15) is 12.7 Å². The van der Waals surface area contributed by atoms with E-state index in [0.29, 0.717) is 5.82 Å². The Hall–Kier alpha value is -1.91. The first kappa shape index (κ1) is 10.2. The molecule has 0 spiro atoms. The van der Waals surface area contributed by atoms with Crippen LogP contribution in [0.25, 0.3) is 0 Å². The molecule has 0 atom stereocenters. The molecule has 5 heteroatoms. The van der Waals surface area contributed by atoms with Crippen molar-refractivity contribution in [1.82, 2.24) is 15.2 Å². The Balaban J connectivity index is 2.49. The minimum atomic E-state index is -0.248. The van der Waals surface area contributed by atoms with Crippen LogP contribution in [-0.4, -0.2) is 21.1 Å². The van der Waals surface area contributed by atoms with Gasteiger partial charge in [0.15, 0.2) is 0 Å². The Kier molecular flexibility index (Phi) is 3.60. The number of anilines is 1. The van der Waals surface area contributed by atoms with E-state index >= 15 is 0 Å². The molecule has 74 valence electrons. The predicted molar refractivity (Wildman–Crippen MR) is 53.7 cm³/mol. The average molecular weight is 192 g/mol. The maximum absolute atomic E-state index is 11.2. The Morgan fingerprint density at radius 1 is 1.50 bits per heavy atom. The molecule has 0 unspecified atom stereocenters. The maximum atomic E-state index is 11.2. The molecule has 5 nitrogen and oxygen atoms in total. The Bertz CT molecular complexity index is 365. The number of hydrogen-bond acceptors (Lipinski definition) is 3. The molecule has 1 aromatic heterocycles. The van der Waals surface area contributed by atoms with Crippen molar-refractivity contribution >= 4 is 11.9 Å². The number of aromatic nitrogens is 3. The largest absolute Gasteiger partial charge is 0.290 e. The molecule has 0 bridgehead atoms. The number of hydrogen-bond donors (Lipinski definition) is 2. The lowest BCUT2D eigenvalue weighted by atomic mass is 10.4. The van der Waals surface area contributed by atoms with Crippen molar-refractivity contribution in [2.24, 2.45) is 0 Å². The van der Waals surface area contributed by atoms with Gasteiger partial charge in [-0.2, -0.15) is 4.98 Å². The number of amides is 1. The van der Waals surface area contributed by atoms with Crippen molar-refractivity contribution in [1.29, 1.82) is 0 Å². The highest BCUT2D eigenvalue weighted by atomic mass is 16.1. The summed E-state index contributed by atoms with van der Waals surface area (Å²) < 4.78 is 0. The zero-order chi connectivity index (χ0) is 10.4. The molecule has 1 rings (SSSR count). The third kappa shape index (κ3) is 3.22. The maximum Gasteiger partial charge on any atom is 0.250 e. The first-order valence-electron chi connectivity index (χ1n) is 4.21. The van der Waals surface area contributed by atoms with Crippen LogP contribution in [0.4, 0.5) is 5.95 Å². The molecule has 0 aliphatic rings. The molecule has 0 saturated heterocycles. The molecular formula is C9H12N4O. The van der Waals surface area contributed by atoms with Gasteiger partial charge in [0.25, 0.3) is 5.91 Å². The molecule has 0 radical (unpaired) electrons. The highest BCUT2D eigenvalue weighted by Crippen LogP contribution is 1.96. The fourth-order valence-corrected chi connectivity index (χ4v) is 0.805. The summed E-state index contributed by atoms with van der Waals surface area (Å²) in [6, 6.07) is 0. The Morgan fingerprint density at radius 2 is 2.29 bits per heavy atom. The quantitative estimate of drug-likeness (QED) is 0.558. The van der Waals surface area contributed by atoms with Gasteiger partial charge in [-0.25, -0.2) is 0 Å². The van der Waals surface area contributed by atoms with Crippen LogP contribution in [0, 0.1) is 6.92 Å². The van der Waals surface area contributed by atoms with Gasteiger partial charge < -0.3 is 0 Å². The van der Waals surface area contributed by atoms with Gasteiger partial charge in [0.2, 0.25) is 5.95 Å². The molecule has 14 heavy (non-hydrogen) atoms. The van der Waals surface area contributed by atoms with Gasteiger partial charge in [0.1, 0.15) is 5.82 Å². The molecule has 0 fully saturated rings. The van der Waals surface area contributed by atoms with Crippen molar-refractivity contribution in [3.8, 4) is 0 Å². The van der Waals surface area contributed by atoms with E-state index in [2.05, 4.69) is 20.5 Å². The number of nitrogens with one attached hydrogen (secondary N) is 2. The van der Waals surface area contributed by atoms with Crippen LogP contribution in [0.2, 0.25) is 0 Å².